The Hall–Kier alpha value is -2.06. The Morgan fingerprint density at radius 3 is 2.48 bits per heavy atom. The lowest BCUT2D eigenvalue weighted by atomic mass is 9.74. The molecule has 0 saturated carbocycles. The topological polar surface area (TPSA) is 12.5 Å². The van der Waals surface area contributed by atoms with Gasteiger partial charge in [0.1, 0.15) is 5.75 Å². The first kappa shape index (κ1) is 14.5. The van der Waals surface area contributed by atoms with E-state index in [0.717, 1.165) is 25.4 Å². The number of likely N-dealkylation sites (tertiary alicyclic amines) is 1. The molecule has 2 aliphatic rings. The van der Waals surface area contributed by atoms with E-state index in [-0.39, 0.29) is 5.41 Å². The third-order valence-electron chi connectivity index (χ3n) is 5.39. The molecule has 0 N–H and O–H groups in total. The molecule has 0 atom stereocenters. The first-order valence-electron chi connectivity index (χ1n) is 8.43. The summed E-state index contributed by atoms with van der Waals surface area (Å²) in [6.07, 6.45) is 7.20. The van der Waals surface area contributed by atoms with Crippen LogP contribution in [-0.4, -0.2) is 25.1 Å². The predicted octanol–water partition coefficient (Wildman–Crippen LogP) is 4.26. The van der Waals surface area contributed by atoms with Crippen LogP contribution in [0.25, 0.3) is 6.08 Å². The lowest BCUT2D eigenvalue weighted by molar-refractivity contribution is 0.177. The quantitative estimate of drug-likeness (QED) is 0.840. The van der Waals surface area contributed by atoms with Crippen molar-refractivity contribution in [2.24, 2.45) is 0 Å². The lowest BCUT2D eigenvalue weighted by Crippen LogP contribution is -2.40. The van der Waals surface area contributed by atoms with Gasteiger partial charge in [0.25, 0.3) is 0 Å². The predicted molar refractivity (Wildman–Crippen MR) is 94.7 cm³/mol. The van der Waals surface area contributed by atoms with Crippen molar-refractivity contribution in [3.05, 3.63) is 71.3 Å². The first-order chi connectivity index (χ1) is 11.3. The van der Waals surface area contributed by atoms with Crippen LogP contribution in [0.15, 0.2) is 54.6 Å². The summed E-state index contributed by atoms with van der Waals surface area (Å²) < 4.78 is 5.23. The lowest BCUT2D eigenvalue weighted by Gasteiger charge is -2.39. The van der Waals surface area contributed by atoms with Crippen molar-refractivity contribution in [3.63, 3.8) is 0 Å². The van der Waals surface area contributed by atoms with E-state index >= 15 is 0 Å². The molecule has 0 aromatic heterocycles. The van der Waals surface area contributed by atoms with Crippen LogP contribution in [0.1, 0.15) is 29.5 Å². The molecule has 2 heteroatoms. The molecule has 1 spiro atoms. The average Bonchev–Trinajstić information content (AvgIpc) is 2.97. The molecule has 0 radical (unpaired) electrons. The third-order valence-corrected chi connectivity index (χ3v) is 5.39. The van der Waals surface area contributed by atoms with Crippen molar-refractivity contribution in [3.8, 4) is 5.75 Å². The second-order valence-electron chi connectivity index (χ2n) is 6.70. The molecule has 0 bridgehead atoms. The van der Waals surface area contributed by atoms with Gasteiger partial charge in [0.15, 0.2) is 0 Å². The largest absolute Gasteiger partial charge is 0.497 e. The fourth-order valence-corrected chi connectivity index (χ4v) is 3.97. The van der Waals surface area contributed by atoms with Crippen LogP contribution in [0.4, 0.5) is 0 Å². The molecule has 2 aromatic carbocycles. The summed E-state index contributed by atoms with van der Waals surface area (Å²) in [5.74, 6) is 0.930. The minimum atomic E-state index is 0.285. The molecule has 1 saturated heterocycles. The van der Waals surface area contributed by atoms with Gasteiger partial charge >= 0.3 is 0 Å². The zero-order valence-corrected chi connectivity index (χ0v) is 13.7. The number of allylic oxidation sites excluding steroid dienone is 1. The molecule has 1 heterocycles. The zero-order chi connectivity index (χ0) is 15.7. The van der Waals surface area contributed by atoms with Crippen LogP contribution in [0, 0.1) is 0 Å². The summed E-state index contributed by atoms with van der Waals surface area (Å²) in [7, 11) is 1.71. The van der Waals surface area contributed by atoms with Crippen molar-refractivity contribution in [2.45, 2.75) is 24.8 Å². The fourth-order valence-electron chi connectivity index (χ4n) is 3.97. The number of benzene rings is 2. The van der Waals surface area contributed by atoms with E-state index < -0.39 is 0 Å². The zero-order valence-electron chi connectivity index (χ0n) is 13.7. The molecule has 118 valence electrons. The molecule has 0 amide bonds. The Kier molecular flexibility index (Phi) is 3.70. The SMILES string of the molecule is COc1ccc(CN2CCC3(C=Cc4ccccc43)CC2)cc1. The van der Waals surface area contributed by atoms with Crippen LogP contribution in [-0.2, 0) is 12.0 Å². The summed E-state index contributed by atoms with van der Waals surface area (Å²) in [6.45, 7) is 3.35. The van der Waals surface area contributed by atoms with Crippen LogP contribution >= 0.6 is 0 Å². The maximum Gasteiger partial charge on any atom is 0.118 e. The Morgan fingerprint density at radius 1 is 1.00 bits per heavy atom. The number of methoxy groups -OCH3 is 1. The van der Waals surface area contributed by atoms with Gasteiger partial charge in [0.05, 0.1) is 7.11 Å². The third kappa shape index (κ3) is 2.68. The van der Waals surface area contributed by atoms with Gasteiger partial charge in [-0.15, -0.1) is 0 Å². The summed E-state index contributed by atoms with van der Waals surface area (Å²) in [5.41, 5.74) is 4.59. The number of hydrogen-bond acceptors (Lipinski definition) is 2. The fraction of sp³-hybridized carbons (Fsp3) is 0.333. The summed E-state index contributed by atoms with van der Waals surface area (Å²) in [6, 6.07) is 17.3. The minimum Gasteiger partial charge on any atom is -0.497 e. The molecule has 1 aliphatic heterocycles. The van der Waals surface area contributed by atoms with E-state index in [1.807, 2.05) is 0 Å². The monoisotopic (exact) mass is 305 g/mol. The normalized spacial score (nSPS) is 19.0. The van der Waals surface area contributed by atoms with Crippen LogP contribution in [0.2, 0.25) is 0 Å². The molecule has 1 fully saturated rings. The van der Waals surface area contributed by atoms with Crippen LogP contribution < -0.4 is 4.74 Å². The molecule has 1 aliphatic carbocycles. The summed E-state index contributed by atoms with van der Waals surface area (Å²) >= 11 is 0. The van der Waals surface area contributed by atoms with Gasteiger partial charge in [-0.3, -0.25) is 4.90 Å². The maximum absolute atomic E-state index is 5.23. The van der Waals surface area contributed by atoms with Crippen LogP contribution in [0.3, 0.4) is 0 Å². The molecule has 2 nitrogen and oxygen atoms in total. The van der Waals surface area contributed by atoms with Gasteiger partial charge in [-0.2, -0.15) is 0 Å². The molecule has 23 heavy (non-hydrogen) atoms. The highest BCUT2D eigenvalue weighted by Gasteiger charge is 2.37. The van der Waals surface area contributed by atoms with Crippen molar-refractivity contribution < 1.29 is 4.74 Å². The average molecular weight is 305 g/mol. The van der Waals surface area contributed by atoms with E-state index in [1.54, 1.807) is 7.11 Å². The van der Waals surface area contributed by atoms with Gasteiger partial charge < -0.3 is 4.74 Å². The van der Waals surface area contributed by atoms with E-state index in [0.29, 0.717) is 0 Å². The van der Waals surface area contributed by atoms with Gasteiger partial charge in [-0.1, -0.05) is 48.6 Å². The standard InChI is InChI=1S/C21H23NO/c1-23-19-8-6-17(7-9-19)16-22-14-12-21(13-15-22)11-10-18-4-2-3-5-20(18)21/h2-11H,12-16H2,1H3. The number of fused-ring (bicyclic) bond motifs is 2. The van der Waals surface area contributed by atoms with Crippen molar-refractivity contribution in [1.29, 1.82) is 0 Å². The highest BCUT2D eigenvalue weighted by atomic mass is 16.5. The molecular formula is C21H23NO. The van der Waals surface area contributed by atoms with E-state index in [4.69, 9.17) is 4.74 Å². The number of nitrogens with zero attached hydrogens (tertiary/aromatic N) is 1. The van der Waals surface area contributed by atoms with Gasteiger partial charge in [-0.05, 0) is 54.8 Å². The molecule has 0 unspecified atom stereocenters. The Bertz CT molecular complexity index is 709. The smallest absolute Gasteiger partial charge is 0.118 e. The van der Waals surface area contributed by atoms with E-state index in [1.165, 1.54) is 29.5 Å². The molecule has 2 aromatic rings. The minimum absolute atomic E-state index is 0.285. The summed E-state index contributed by atoms with van der Waals surface area (Å²) in [5, 5.41) is 0. The van der Waals surface area contributed by atoms with E-state index in [9.17, 15) is 0 Å². The Morgan fingerprint density at radius 2 is 1.74 bits per heavy atom. The van der Waals surface area contributed by atoms with Crippen LogP contribution in [0.5, 0.6) is 5.75 Å². The Labute approximate surface area is 138 Å². The number of rotatable bonds is 3. The molecular weight excluding hydrogens is 282 g/mol. The van der Waals surface area contributed by atoms with Crippen molar-refractivity contribution >= 4 is 6.08 Å². The second kappa shape index (κ2) is 5.86. The van der Waals surface area contributed by atoms with Gasteiger partial charge in [0, 0.05) is 12.0 Å². The highest BCUT2D eigenvalue weighted by molar-refractivity contribution is 5.65. The highest BCUT2D eigenvalue weighted by Crippen LogP contribution is 2.43. The maximum atomic E-state index is 5.23. The van der Waals surface area contributed by atoms with Gasteiger partial charge in [0.2, 0.25) is 0 Å². The van der Waals surface area contributed by atoms with Gasteiger partial charge in [-0.25, -0.2) is 0 Å². The number of piperidine rings is 1. The number of ether oxygens (including phenoxy) is 1. The number of hydrogen-bond donors (Lipinski definition) is 0. The molecule has 4 rings (SSSR count). The Balaban J connectivity index is 1.42. The second-order valence-corrected chi connectivity index (χ2v) is 6.70. The van der Waals surface area contributed by atoms with E-state index in [2.05, 4.69) is 65.6 Å². The first-order valence-corrected chi connectivity index (χ1v) is 8.43. The van der Waals surface area contributed by atoms with Crippen molar-refractivity contribution in [1.82, 2.24) is 4.90 Å². The van der Waals surface area contributed by atoms with Crippen molar-refractivity contribution in [2.75, 3.05) is 20.2 Å². The summed E-state index contributed by atoms with van der Waals surface area (Å²) in [4.78, 5) is 2.57.